The molecule has 0 aliphatic carbocycles. The lowest BCUT2D eigenvalue weighted by molar-refractivity contribution is -0.128. The van der Waals surface area contributed by atoms with Gasteiger partial charge in [0.2, 0.25) is 12.0 Å². The molecule has 0 radical (unpaired) electrons. The zero-order valence-electron chi connectivity index (χ0n) is 18.3. The second-order valence-corrected chi connectivity index (χ2v) is 8.26. The van der Waals surface area contributed by atoms with Crippen molar-refractivity contribution in [2.24, 2.45) is 0 Å². The molecular weight excluding hydrogens is 422 g/mol. The van der Waals surface area contributed by atoms with Gasteiger partial charge in [0.15, 0.2) is 17.8 Å². The van der Waals surface area contributed by atoms with Crippen molar-refractivity contribution in [1.82, 2.24) is 20.4 Å². The third kappa shape index (κ3) is 4.27. The van der Waals surface area contributed by atoms with E-state index < -0.39 is 18.5 Å². The summed E-state index contributed by atoms with van der Waals surface area (Å²) in [5.74, 6) is 1.10. The van der Waals surface area contributed by atoms with Crippen LogP contribution in [-0.4, -0.2) is 39.8 Å². The van der Waals surface area contributed by atoms with Crippen molar-refractivity contribution in [3.63, 3.8) is 0 Å². The molecule has 33 heavy (non-hydrogen) atoms. The van der Waals surface area contributed by atoms with Crippen LogP contribution in [0.1, 0.15) is 26.6 Å². The Labute approximate surface area is 191 Å². The van der Waals surface area contributed by atoms with Crippen molar-refractivity contribution in [3.8, 4) is 22.8 Å². The van der Waals surface area contributed by atoms with Gasteiger partial charge in [-0.3, -0.25) is 14.9 Å². The van der Waals surface area contributed by atoms with Gasteiger partial charge in [-0.25, -0.2) is 4.68 Å². The summed E-state index contributed by atoms with van der Waals surface area (Å²) >= 11 is 0. The van der Waals surface area contributed by atoms with Gasteiger partial charge in [0.1, 0.15) is 11.9 Å². The number of carbonyl (C=O) groups is 2. The molecule has 3 N–H and O–H groups in total. The van der Waals surface area contributed by atoms with Crippen LogP contribution in [0.4, 0.5) is 5.82 Å². The Morgan fingerprint density at radius 3 is 2.48 bits per heavy atom. The molecule has 2 aliphatic heterocycles. The molecule has 1 aromatic heterocycles. The van der Waals surface area contributed by atoms with E-state index in [1.54, 1.807) is 29.8 Å². The Morgan fingerprint density at radius 2 is 1.76 bits per heavy atom. The molecule has 3 aromatic rings. The zero-order valence-corrected chi connectivity index (χ0v) is 18.3. The van der Waals surface area contributed by atoms with Gasteiger partial charge < -0.3 is 20.1 Å². The van der Waals surface area contributed by atoms with E-state index in [-0.39, 0.29) is 17.9 Å². The number of ether oxygens (including phenoxy) is 2. The third-order valence-electron chi connectivity index (χ3n) is 5.63. The molecule has 1 fully saturated rings. The maximum Gasteiger partial charge on any atom is 0.270 e. The monoisotopic (exact) mass is 447 g/mol. The molecule has 9 nitrogen and oxygen atoms in total. The van der Waals surface area contributed by atoms with Crippen molar-refractivity contribution in [1.29, 1.82) is 0 Å². The summed E-state index contributed by atoms with van der Waals surface area (Å²) in [6.07, 6.45) is -1.57. The van der Waals surface area contributed by atoms with Crippen LogP contribution in [0.15, 0.2) is 60.7 Å². The summed E-state index contributed by atoms with van der Waals surface area (Å²) in [5, 5.41) is 13.8. The van der Waals surface area contributed by atoms with E-state index in [4.69, 9.17) is 9.47 Å². The number of nitrogens with one attached hydrogen (secondary N) is 3. The predicted octanol–water partition coefficient (Wildman–Crippen LogP) is 2.67. The molecule has 0 bridgehead atoms. The summed E-state index contributed by atoms with van der Waals surface area (Å²) in [5.41, 5.74) is 1.56. The molecule has 0 saturated carbocycles. The Morgan fingerprint density at radius 1 is 1.06 bits per heavy atom. The summed E-state index contributed by atoms with van der Waals surface area (Å²) in [4.78, 5) is 25.4. The van der Waals surface area contributed by atoms with E-state index in [0.717, 1.165) is 5.56 Å². The lowest BCUT2D eigenvalue weighted by atomic mass is 10.1. The van der Waals surface area contributed by atoms with Crippen molar-refractivity contribution < 1.29 is 19.1 Å². The fourth-order valence-electron chi connectivity index (χ4n) is 4.03. The largest absolute Gasteiger partial charge is 0.482 e. The van der Waals surface area contributed by atoms with E-state index in [0.29, 0.717) is 29.4 Å². The molecule has 4 atom stereocenters. The second-order valence-electron chi connectivity index (χ2n) is 8.26. The summed E-state index contributed by atoms with van der Waals surface area (Å²) < 4.78 is 13.4. The molecule has 5 rings (SSSR count). The average Bonchev–Trinajstić information content (AvgIpc) is 3.22. The molecule has 9 heteroatoms. The van der Waals surface area contributed by atoms with Crippen LogP contribution >= 0.6 is 0 Å². The lowest BCUT2D eigenvalue weighted by Crippen LogP contribution is -2.53. The van der Waals surface area contributed by atoms with Gasteiger partial charge in [-0.2, -0.15) is 5.10 Å². The number of fused-ring (bicyclic) bond motifs is 1. The number of rotatable bonds is 4. The van der Waals surface area contributed by atoms with Gasteiger partial charge in [-0.05, 0) is 26.0 Å². The molecule has 170 valence electrons. The Kier molecular flexibility index (Phi) is 5.47. The van der Waals surface area contributed by atoms with E-state index in [9.17, 15) is 9.59 Å². The molecular formula is C24H25N5O4. The van der Waals surface area contributed by atoms with Crippen LogP contribution in [0.5, 0.6) is 11.5 Å². The van der Waals surface area contributed by atoms with Crippen molar-refractivity contribution >= 4 is 17.6 Å². The summed E-state index contributed by atoms with van der Waals surface area (Å²) in [7, 11) is 0. The van der Waals surface area contributed by atoms with Crippen LogP contribution in [0.3, 0.4) is 0 Å². The number of hydrogen-bond donors (Lipinski definition) is 3. The molecule has 2 aliphatic rings. The maximum atomic E-state index is 13.2. The first-order chi connectivity index (χ1) is 16.0. The number of carbonyl (C=O) groups excluding carboxylic acids is 2. The van der Waals surface area contributed by atoms with Gasteiger partial charge in [0.05, 0.1) is 5.69 Å². The second kappa shape index (κ2) is 8.59. The number of benzene rings is 2. The van der Waals surface area contributed by atoms with Crippen LogP contribution in [0, 0.1) is 0 Å². The highest BCUT2D eigenvalue weighted by atomic mass is 16.6. The predicted molar refractivity (Wildman–Crippen MR) is 122 cm³/mol. The van der Waals surface area contributed by atoms with Gasteiger partial charge in [0.25, 0.3) is 5.91 Å². The minimum absolute atomic E-state index is 0.0386. The maximum absolute atomic E-state index is 13.2. The fraction of sp³-hybridized carbons (Fsp3) is 0.292. The van der Waals surface area contributed by atoms with Crippen LogP contribution in [0.2, 0.25) is 0 Å². The van der Waals surface area contributed by atoms with E-state index in [1.807, 2.05) is 49.4 Å². The Balaban J connectivity index is 1.44. The van der Waals surface area contributed by atoms with Gasteiger partial charge >= 0.3 is 0 Å². The first-order valence-electron chi connectivity index (χ1n) is 10.9. The van der Waals surface area contributed by atoms with Crippen molar-refractivity contribution in [2.75, 3.05) is 5.32 Å². The van der Waals surface area contributed by atoms with Crippen LogP contribution in [0.25, 0.3) is 11.3 Å². The number of aromatic nitrogens is 2. The number of hydrogen-bond acceptors (Lipinski definition) is 6. The number of amides is 2. The van der Waals surface area contributed by atoms with E-state index in [2.05, 4.69) is 21.0 Å². The topological polar surface area (TPSA) is 107 Å². The first-order valence-corrected chi connectivity index (χ1v) is 10.9. The van der Waals surface area contributed by atoms with Gasteiger partial charge in [-0.15, -0.1) is 0 Å². The third-order valence-corrected chi connectivity index (χ3v) is 5.63. The number of para-hydroxylation sites is 2. The normalized spacial score (nSPS) is 24.1. The summed E-state index contributed by atoms with van der Waals surface area (Å²) in [6.45, 7) is 3.72. The number of anilines is 1. The van der Waals surface area contributed by atoms with Crippen LogP contribution in [-0.2, 0) is 9.59 Å². The Hall–Kier alpha value is -3.85. The molecule has 2 amide bonds. The van der Waals surface area contributed by atoms with E-state index in [1.165, 1.54) is 0 Å². The fourth-order valence-corrected chi connectivity index (χ4v) is 4.03. The molecule has 4 unspecified atom stereocenters. The van der Waals surface area contributed by atoms with Crippen molar-refractivity contribution in [3.05, 3.63) is 60.7 Å². The highest BCUT2D eigenvalue weighted by molar-refractivity contribution is 5.95. The standard InChI is InChI=1S/C24H25N5O4/c1-14-12-21(30)27-24(25-14)29-20(13-17(28-29)16-8-4-3-5-9-16)26-23(31)22-15(2)32-18-10-6-7-11-19(18)33-22/h3-11,13-15,22,24-25H,12H2,1-2H3,(H,26,31)(H,27,30). The minimum Gasteiger partial charge on any atom is -0.482 e. The lowest BCUT2D eigenvalue weighted by Gasteiger charge is -2.32. The van der Waals surface area contributed by atoms with Crippen molar-refractivity contribution in [2.45, 2.75) is 44.8 Å². The SMILES string of the molecule is CC1CC(=O)NC(n2nc(-c3ccccc3)cc2NC(=O)C2Oc3ccccc3OC2C)N1. The Bertz CT molecular complexity index is 1180. The molecule has 0 spiro atoms. The molecule has 1 saturated heterocycles. The van der Waals surface area contributed by atoms with Crippen LogP contribution < -0.4 is 25.4 Å². The number of nitrogens with zero attached hydrogens (tertiary/aromatic N) is 2. The highest BCUT2D eigenvalue weighted by Crippen LogP contribution is 2.34. The highest BCUT2D eigenvalue weighted by Gasteiger charge is 2.35. The van der Waals surface area contributed by atoms with Gasteiger partial charge in [-0.1, -0.05) is 42.5 Å². The average molecular weight is 447 g/mol. The van der Waals surface area contributed by atoms with E-state index >= 15 is 0 Å². The van der Waals surface area contributed by atoms with Gasteiger partial charge in [0, 0.05) is 24.1 Å². The quantitative estimate of drug-likeness (QED) is 0.568. The first kappa shape index (κ1) is 21.0. The summed E-state index contributed by atoms with van der Waals surface area (Å²) in [6, 6.07) is 18.6. The molecule has 3 heterocycles. The zero-order chi connectivity index (χ0) is 22.9. The minimum atomic E-state index is -0.851. The smallest absolute Gasteiger partial charge is 0.270 e. The molecule has 2 aromatic carbocycles.